The summed E-state index contributed by atoms with van der Waals surface area (Å²) in [5.74, 6) is 2.07. The molecule has 0 aromatic heterocycles. The van der Waals surface area contributed by atoms with Crippen LogP contribution in [0, 0.1) is 6.92 Å². The fraction of sp³-hybridized carbons (Fsp3) is 0.278. The third kappa shape index (κ3) is 4.17. The van der Waals surface area contributed by atoms with Gasteiger partial charge in [0.1, 0.15) is 13.2 Å². The van der Waals surface area contributed by atoms with E-state index in [4.69, 9.17) is 18.9 Å². The lowest BCUT2D eigenvalue weighted by atomic mass is 10.2. The van der Waals surface area contributed by atoms with Gasteiger partial charge in [0.15, 0.2) is 29.6 Å². The van der Waals surface area contributed by atoms with E-state index in [0.29, 0.717) is 46.4 Å². The van der Waals surface area contributed by atoms with Crippen molar-refractivity contribution in [3.05, 3.63) is 40.4 Å². The number of hydrogen-bond donors (Lipinski definition) is 1. The lowest BCUT2D eigenvalue weighted by molar-refractivity contribution is -0.118. The van der Waals surface area contributed by atoms with Crippen molar-refractivity contribution in [2.75, 3.05) is 32.2 Å². The first-order chi connectivity index (χ1) is 12.1. The second kappa shape index (κ2) is 7.65. The van der Waals surface area contributed by atoms with Crippen molar-refractivity contribution >= 4 is 27.5 Å². The molecule has 132 valence electrons. The highest BCUT2D eigenvalue weighted by molar-refractivity contribution is 9.10. The third-order valence-corrected chi connectivity index (χ3v) is 4.24. The van der Waals surface area contributed by atoms with E-state index in [1.807, 2.05) is 19.1 Å². The van der Waals surface area contributed by atoms with Crippen molar-refractivity contribution < 1.29 is 23.7 Å². The number of methoxy groups -OCH3 is 1. The SMILES string of the molecule is COc1cc(C)ccc1OCC(=O)Nc1cc2c(cc1Br)OCCO2. The quantitative estimate of drug-likeness (QED) is 0.820. The predicted molar refractivity (Wildman–Crippen MR) is 97.0 cm³/mol. The summed E-state index contributed by atoms with van der Waals surface area (Å²) in [6.07, 6.45) is 0. The molecule has 0 saturated heterocycles. The number of benzene rings is 2. The zero-order chi connectivity index (χ0) is 17.8. The molecular formula is C18H18BrNO5. The van der Waals surface area contributed by atoms with Crippen LogP contribution in [0.5, 0.6) is 23.0 Å². The number of ether oxygens (including phenoxy) is 4. The minimum absolute atomic E-state index is 0.139. The van der Waals surface area contributed by atoms with Gasteiger partial charge in [-0.1, -0.05) is 6.07 Å². The number of rotatable bonds is 5. The topological polar surface area (TPSA) is 66.0 Å². The molecule has 0 atom stereocenters. The van der Waals surface area contributed by atoms with Gasteiger partial charge in [-0.2, -0.15) is 0 Å². The average Bonchev–Trinajstić information content (AvgIpc) is 2.61. The average molecular weight is 408 g/mol. The van der Waals surface area contributed by atoms with E-state index in [1.165, 1.54) is 0 Å². The fourth-order valence-electron chi connectivity index (χ4n) is 2.38. The maximum absolute atomic E-state index is 12.2. The maximum Gasteiger partial charge on any atom is 0.262 e. The molecule has 0 spiro atoms. The normalized spacial score (nSPS) is 12.4. The van der Waals surface area contributed by atoms with Crippen molar-refractivity contribution in [1.82, 2.24) is 0 Å². The molecule has 7 heteroatoms. The van der Waals surface area contributed by atoms with Crippen LogP contribution in [-0.2, 0) is 4.79 Å². The van der Waals surface area contributed by atoms with E-state index >= 15 is 0 Å². The molecule has 0 fully saturated rings. The molecule has 2 aromatic rings. The molecule has 1 aliphatic rings. The Morgan fingerprint density at radius 2 is 1.88 bits per heavy atom. The minimum atomic E-state index is -0.292. The number of nitrogens with one attached hydrogen (secondary N) is 1. The first-order valence-corrected chi connectivity index (χ1v) is 8.52. The summed E-state index contributed by atoms with van der Waals surface area (Å²) < 4.78 is 22.6. The summed E-state index contributed by atoms with van der Waals surface area (Å²) in [6, 6.07) is 9.02. The highest BCUT2D eigenvalue weighted by atomic mass is 79.9. The maximum atomic E-state index is 12.2. The molecule has 3 rings (SSSR count). The molecule has 1 heterocycles. The van der Waals surface area contributed by atoms with Gasteiger partial charge in [0, 0.05) is 16.6 Å². The molecule has 2 aromatic carbocycles. The van der Waals surface area contributed by atoms with E-state index in [-0.39, 0.29) is 12.5 Å². The second-order valence-electron chi connectivity index (χ2n) is 5.47. The number of amides is 1. The molecule has 0 radical (unpaired) electrons. The summed E-state index contributed by atoms with van der Waals surface area (Å²) in [5.41, 5.74) is 1.64. The summed E-state index contributed by atoms with van der Waals surface area (Å²) in [5, 5.41) is 2.79. The van der Waals surface area contributed by atoms with Crippen molar-refractivity contribution in [3.63, 3.8) is 0 Å². The number of anilines is 1. The first-order valence-electron chi connectivity index (χ1n) is 7.73. The van der Waals surface area contributed by atoms with Crippen LogP contribution in [0.3, 0.4) is 0 Å². The van der Waals surface area contributed by atoms with Gasteiger partial charge in [-0.25, -0.2) is 0 Å². The Balaban J connectivity index is 1.65. The first kappa shape index (κ1) is 17.4. The molecule has 0 bridgehead atoms. The van der Waals surface area contributed by atoms with E-state index < -0.39 is 0 Å². The summed E-state index contributed by atoms with van der Waals surface area (Å²) in [7, 11) is 1.56. The predicted octanol–water partition coefficient (Wildman–Crippen LogP) is 3.55. The molecule has 0 saturated carbocycles. The molecule has 1 N–H and O–H groups in total. The number of aryl methyl sites for hydroxylation is 1. The number of hydrogen-bond acceptors (Lipinski definition) is 5. The largest absolute Gasteiger partial charge is 0.493 e. The minimum Gasteiger partial charge on any atom is -0.493 e. The Morgan fingerprint density at radius 1 is 1.16 bits per heavy atom. The van der Waals surface area contributed by atoms with Gasteiger partial charge in [-0.15, -0.1) is 0 Å². The van der Waals surface area contributed by atoms with Crippen LogP contribution in [0.2, 0.25) is 0 Å². The van der Waals surface area contributed by atoms with Gasteiger partial charge in [-0.3, -0.25) is 4.79 Å². The Morgan fingerprint density at radius 3 is 2.60 bits per heavy atom. The molecule has 1 aliphatic heterocycles. The molecule has 6 nitrogen and oxygen atoms in total. The van der Waals surface area contributed by atoms with Gasteiger partial charge in [0.25, 0.3) is 5.91 Å². The molecule has 0 unspecified atom stereocenters. The summed E-state index contributed by atoms with van der Waals surface area (Å²) >= 11 is 3.42. The van der Waals surface area contributed by atoms with E-state index in [1.54, 1.807) is 25.3 Å². The van der Waals surface area contributed by atoms with Gasteiger partial charge < -0.3 is 24.3 Å². The van der Waals surface area contributed by atoms with Gasteiger partial charge in [-0.05, 0) is 40.5 Å². The van der Waals surface area contributed by atoms with E-state index in [2.05, 4.69) is 21.2 Å². The highest BCUT2D eigenvalue weighted by Crippen LogP contribution is 2.38. The van der Waals surface area contributed by atoms with E-state index in [0.717, 1.165) is 5.56 Å². The number of fused-ring (bicyclic) bond motifs is 1. The Kier molecular flexibility index (Phi) is 5.33. The third-order valence-electron chi connectivity index (χ3n) is 3.58. The number of carbonyl (C=O) groups is 1. The van der Waals surface area contributed by atoms with Crippen molar-refractivity contribution in [1.29, 1.82) is 0 Å². The standard InChI is InChI=1S/C18H18BrNO5/c1-11-3-4-14(15(7-11)22-2)25-10-18(21)20-13-9-17-16(8-12(13)19)23-5-6-24-17/h3-4,7-9H,5-6,10H2,1-2H3,(H,20,21). The lowest BCUT2D eigenvalue weighted by Crippen LogP contribution is -2.21. The monoisotopic (exact) mass is 407 g/mol. The van der Waals surface area contributed by atoms with Crippen molar-refractivity contribution in [2.24, 2.45) is 0 Å². The van der Waals surface area contributed by atoms with Gasteiger partial charge >= 0.3 is 0 Å². The Hall–Kier alpha value is -2.41. The lowest BCUT2D eigenvalue weighted by Gasteiger charge is -2.20. The van der Waals surface area contributed by atoms with Crippen LogP contribution in [0.1, 0.15) is 5.56 Å². The Bertz CT molecular complexity index is 793. The highest BCUT2D eigenvalue weighted by Gasteiger charge is 2.16. The van der Waals surface area contributed by atoms with Crippen molar-refractivity contribution in [3.8, 4) is 23.0 Å². The number of halogens is 1. The zero-order valence-corrected chi connectivity index (χ0v) is 15.5. The van der Waals surface area contributed by atoms with Crippen LogP contribution in [0.25, 0.3) is 0 Å². The number of carbonyl (C=O) groups excluding carboxylic acids is 1. The zero-order valence-electron chi connectivity index (χ0n) is 13.9. The van der Waals surface area contributed by atoms with Gasteiger partial charge in [0.2, 0.25) is 0 Å². The van der Waals surface area contributed by atoms with Crippen LogP contribution < -0.4 is 24.3 Å². The second-order valence-corrected chi connectivity index (χ2v) is 6.32. The molecular weight excluding hydrogens is 390 g/mol. The van der Waals surface area contributed by atoms with Gasteiger partial charge in [0.05, 0.1) is 12.8 Å². The smallest absolute Gasteiger partial charge is 0.262 e. The van der Waals surface area contributed by atoms with Crippen LogP contribution in [0.4, 0.5) is 5.69 Å². The van der Waals surface area contributed by atoms with Crippen LogP contribution in [0.15, 0.2) is 34.8 Å². The molecule has 1 amide bonds. The summed E-state index contributed by atoms with van der Waals surface area (Å²) in [6.45, 7) is 2.81. The molecule has 0 aliphatic carbocycles. The fourth-order valence-corrected chi connectivity index (χ4v) is 2.80. The van der Waals surface area contributed by atoms with Crippen molar-refractivity contribution in [2.45, 2.75) is 6.92 Å². The summed E-state index contributed by atoms with van der Waals surface area (Å²) in [4.78, 5) is 12.2. The Labute approximate surface area is 154 Å². The van der Waals surface area contributed by atoms with E-state index in [9.17, 15) is 4.79 Å². The van der Waals surface area contributed by atoms with Crippen LogP contribution >= 0.6 is 15.9 Å². The van der Waals surface area contributed by atoms with Crippen LogP contribution in [-0.4, -0.2) is 32.8 Å². The molecule has 25 heavy (non-hydrogen) atoms.